The molecule has 0 aromatic heterocycles. The van der Waals surface area contributed by atoms with Gasteiger partial charge < -0.3 is 10.4 Å². The second kappa shape index (κ2) is 3.83. The monoisotopic (exact) mass is 227 g/mol. The Morgan fingerprint density at radius 1 is 1.44 bits per heavy atom. The zero-order valence-electron chi connectivity index (χ0n) is 8.46. The van der Waals surface area contributed by atoms with Crippen LogP contribution in [0.1, 0.15) is 12.8 Å². The summed E-state index contributed by atoms with van der Waals surface area (Å²) < 4.78 is 25.8. The molecule has 1 aromatic carbocycles. The second-order valence-corrected chi connectivity index (χ2v) is 4.02. The van der Waals surface area contributed by atoms with Gasteiger partial charge in [-0.2, -0.15) is 0 Å². The van der Waals surface area contributed by atoms with Gasteiger partial charge in [0.1, 0.15) is 11.6 Å². The lowest BCUT2D eigenvalue weighted by molar-refractivity contribution is -0.122. The van der Waals surface area contributed by atoms with E-state index >= 15 is 0 Å². The molecule has 1 fully saturated rings. The van der Waals surface area contributed by atoms with Gasteiger partial charge >= 0.3 is 0 Å². The molecule has 0 aliphatic heterocycles. The Labute approximate surface area is 91.1 Å². The van der Waals surface area contributed by atoms with E-state index in [0.717, 1.165) is 12.1 Å². The first-order valence-corrected chi connectivity index (χ1v) is 4.95. The molecule has 1 aromatic rings. The fourth-order valence-corrected chi connectivity index (χ4v) is 1.45. The van der Waals surface area contributed by atoms with Crippen LogP contribution in [-0.4, -0.2) is 17.6 Å². The third kappa shape index (κ3) is 1.90. The van der Waals surface area contributed by atoms with E-state index in [-0.39, 0.29) is 12.3 Å². The minimum atomic E-state index is -0.818. The molecule has 0 radical (unpaired) electrons. The molecule has 86 valence electrons. The van der Waals surface area contributed by atoms with Gasteiger partial charge in [-0.1, -0.05) is 0 Å². The molecular weight excluding hydrogens is 216 g/mol. The third-order valence-corrected chi connectivity index (χ3v) is 2.82. The van der Waals surface area contributed by atoms with Crippen molar-refractivity contribution in [3.8, 4) is 0 Å². The summed E-state index contributed by atoms with van der Waals surface area (Å²) in [4.78, 5) is 11.6. The second-order valence-electron chi connectivity index (χ2n) is 4.02. The van der Waals surface area contributed by atoms with Gasteiger partial charge in [-0.15, -0.1) is 0 Å². The summed E-state index contributed by atoms with van der Waals surface area (Å²) >= 11 is 0. The smallest absolute Gasteiger partial charge is 0.232 e. The van der Waals surface area contributed by atoms with Gasteiger partial charge in [0.2, 0.25) is 5.91 Å². The van der Waals surface area contributed by atoms with Gasteiger partial charge in [-0.05, 0) is 25.0 Å². The molecule has 5 heteroatoms. The summed E-state index contributed by atoms with van der Waals surface area (Å²) in [7, 11) is 0. The van der Waals surface area contributed by atoms with Crippen LogP contribution in [0.3, 0.4) is 0 Å². The third-order valence-electron chi connectivity index (χ3n) is 2.82. The molecular formula is C11H11F2NO2. The van der Waals surface area contributed by atoms with Crippen molar-refractivity contribution in [1.82, 2.24) is 0 Å². The van der Waals surface area contributed by atoms with E-state index in [0.29, 0.717) is 18.9 Å². The summed E-state index contributed by atoms with van der Waals surface area (Å²) in [6.07, 6.45) is 1.19. The van der Waals surface area contributed by atoms with Gasteiger partial charge in [0.25, 0.3) is 0 Å². The quantitative estimate of drug-likeness (QED) is 0.825. The Balaban J connectivity index is 2.12. The van der Waals surface area contributed by atoms with E-state index in [1.165, 1.54) is 0 Å². The number of amides is 1. The van der Waals surface area contributed by atoms with Crippen LogP contribution in [0.2, 0.25) is 0 Å². The topological polar surface area (TPSA) is 49.3 Å². The highest BCUT2D eigenvalue weighted by molar-refractivity contribution is 5.97. The fraction of sp³-hybridized carbons (Fsp3) is 0.364. The molecule has 1 amide bonds. The van der Waals surface area contributed by atoms with E-state index in [1.54, 1.807) is 0 Å². The predicted molar refractivity (Wildman–Crippen MR) is 53.7 cm³/mol. The highest BCUT2D eigenvalue weighted by Gasteiger charge is 2.49. The standard InChI is InChI=1S/C11H11F2NO2/c12-7-1-2-9(8(13)5-7)14-10(16)11(6-15)3-4-11/h1-2,5,15H,3-4,6H2,(H,14,16). The van der Waals surface area contributed by atoms with Crippen LogP contribution in [-0.2, 0) is 4.79 Å². The Bertz CT molecular complexity index is 430. The zero-order chi connectivity index (χ0) is 11.8. The molecule has 2 N–H and O–H groups in total. The van der Waals surface area contributed by atoms with Gasteiger partial charge in [-0.3, -0.25) is 4.79 Å². The molecule has 3 nitrogen and oxygen atoms in total. The molecule has 0 heterocycles. The van der Waals surface area contributed by atoms with E-state index in [2.05, 4.69) is 5.32 Å². The predicted octanol–water partition coefficient (Wildman–Crippen LogP) is 1.68. The summed E-state index contributed by atoms with van der Waals surface area (Å²) in [5.41, 5.74) is -0.827. The first kappa shape index (κ1) is 11.0. The summed E-state index contributed by atoms with van der Waals surface area (Å²) in [6, 6.07) is 2.93. The van der Waals surface area contributed by atoms with E-state index < -0.39 is 23.0 Å². The molecule has 0 bridgehead atoms. The Kier molecular flexibility index (Phi) is 2.63. The number of hydrogen-bond acceptors (Lipinski definition) is 2. The van der Waals surface area contributed by atoms with Crippen molar-refractivity contribution < 1.29 is 18.7 Å². The van der Waals surface area contributed by atoms with Gasteiger partial charge in [0.15, 0.2) is 0 Å². The normalized spacial score (nSPS) is 16.9. The number of carbonyl (C=O) groups is 1. The van der Waals surface area contributed by atoms with E-state index in [9.17, 15) is 13.6 Å². The maximum atomic E-state index is 13.2. The van der Waals surface area contributed by atoms with Crippen molar-refractivity contribution in [3.05, 3.63) is 29.8 Å². The van der Waals surface area contributed by atoms with Crippen molar-refractivity contribution in [1.29, 1.82) is 0 Å². The molecule has 0 spiro atoms. The van der Waals surface area contributed by atoms with Crippen LogP contribution in [0.4, 0.5) is 14.5 Å². The van der Waals surface area contributed by atoms with E-state index in [4.69, 9.17) is 5.11 Å². The van der Waals surface area contributed by atoms with Gasteiger partial charge in [0.05, 0.1) is 17.7 Å². The molecule has 0 saturated heterocycles. The minimum absolute atomic E-state index is 0.0638. The number of nitrogens with one attached hydrogen (secondary N) is 1. The average Bonchev–Trinajstić information content (AvgIpc) is 3.03. The highest BCUT2D eigenvalue weighted by atomic mass is 19.1. The number of aliphatic hydroxyl groups is 1. The average molecular weight is 227 g/mol. The summed E-state index contributed by atoms with van der Waals surface area (Å²) in [5.74, 6) is -1.93. The molecule has 2 rings (SSSR count). The molecule has 1 saturated carbocycles. The fourth-order valence-electron chi connectivity index (χ4n) is 1.45. The van der Waals surface area contributed by atoms with Crippen LogP contribution in [0.15, 0.2) is 18.2 Å². The van der Waals surface area contributed by atoms with Crippen LogP contribution in [0, 0.1) is 17.0 Å². The van der Waals surface area contributed by atoms with Crippen molar-refractivity contribution >= 4 is 11.6 Å². The van der Waals surface area contributed by atoms with Gasteiger partial charge in [-0.25, -0.2) is 8.78 Å². The van der Waals surface area contributed by atoms with Crippen LogP contribution >= 0.6 is 0 Å². The molecule has 16 heavy (non-hydrogen) atoms. The number of halogens is 2. The van der Waals surface area contributed by atoms with Gasteiger partial charge in [0, 0.05) is 6.07 Å². The van der Waals surface area contributed by atoms with Crippen LogP contribution in [0.25, 0.3) is 0 Å². The number of benzene rings is 1. The highest BCUT2D eigenvalue weighted by Crippen LogP contribution is 2.45. The SMILES string of the molecule is O=C(Nc1ccc(F)cc1F)C1(CO)CC1. The van der Waals surface area contributed by atoms with Crippen molar-refractivity contribution in [2.75, 3.05) is 11.9 Å². The Morgan fingerprint density at radius 2 is 2.12 bits per heavy atom. The lowest BCUT2D eigenvalue weighted by Gasteiger charge is -2.12. The zero-order valence-corrected chi connectivity index (χ0v) is 8.46. The molecule has 0 atom stereocenters. The van der Waals surface area contributed by atoms with Crippen LogP contribution in [0.5, 0.6) is 0 Å². The number of carbonyl (C=O) groups excluding carboxylic acids is 1. The van der Waals surface area contributed by atoms with Crippen molar-refractivity contribution in [2.24, 2.45) is 5.41 Å². The Morgan fingerprint density at radius 3 is 2.62 bits per heavy atom. The number of rotatable bonds is 3. The molecule has 1 aliphatic carbocycles. The maximum Gasteiger partial charge on any atom is 0.232 e. The van der Waals surface area contributed by atoms with E-state index in [1.807, 2.05) is 0 Å². The van der Waals surface area contributed by atoms with Crippen LogP contribution < -0.4 is 5.32 Å². The number of aliphatic hydroxyl groups excluding tert-OH is 1. The Hall–Kier alpha value is -1.49. The lowest BCUT2D eigenvalue weighted by Crippen LogP contribution is -2.27. The lowest BCUT2D eigenvalue weighted by atomic mass is 10.1. The minimum Gasteiger partial charge on any atom is -0.395 e. The summed E-state index contributed by atoms with van der Waals surface area (Å²) in [6.45, 7) is -0.248. The molecule has 0 unspecified atom stereocenters. The first-order chi connectivity index (χ1) is 7.57. The molecule has 1 aliphatic rings. The first-order valence-electron chi connectivity index (χ1n) is 4.95. The van der Waals surface area contributed by atoms with Crippen molar-refractivity contribution in [3.63, 3.8) is 0 Å². The number of hydrogen-bond donors (Lipinski definition) is 2. The maximum absolute atomic E-state index is 13.2. The summed E-state index contributed by atoms with van der Waals surface area (Å²) in [5, 5.41) is 11.4. The number of anilines is 1. The largest absolute Gasteiger partial charge is 0.395 e. The van der Waals surface area contributed by atoms with Crippen molar-refractivity contribution in [2.45, 2.75) is 12.8 Å².